The topological polar surface area (TPSA) is 23.8 Å². The van der Waals surface area contributed by atoms with Crippen LogP contribution in [-0.2, 0) is 0 Å². The highest BCUT2D eigenvalue weighted by Crippen LogP contribution is 2.37. The second-order valence-electron chi connectivity index (χ2n) is 3.94. The predicted octanol–water partition coefficient (Wildman–Crippen LogP) is 4.10. The molecule has 0 amide bonds. The molecule has 0 aromatic heterocycles. The van der Waals surface area contributed by atoms with E-state index in [1.54, 1.807) is 17.8 Å². The summed E-state index contributed by atoms with van der Waals surface area (Å²) in [6.07, 6.45) is 0. The SMILES string of the molecule is CC(C)(C)Sc1cccc(C#N)c1Cl. The van der Waals surface area contributed by atoms with Gasteiger partial charge in [0, 0.05) is 9.64 Å². The van der Waals surface area contributed by atoms with Gasteiger partial charge >= 0.3 is 0 Å². The van der Waals surface area contributed by atoms with Gasteiger partial charge in [-0.2, -0.15) is 5.26 Å². The van der Waals surface area contributed by atoms with Crippen LogP contribution in [0.4, 0.5) is 0 Å². The largest absolute Gasteiger partial charge is 0.192 e. The van der Waals surface area contributed by atoms with E-state index in [1.165, 1.54) is 0 Å². The molecule has 1 nitrogen and oxygen atoms in total. The van der Waals surface area contributed by atoms with Crippen LogP contribution in [0.2, 0.25) is 5.02 Å². The van der Waals surface area contributed by atoms with Gasteiger partial charge in [-0.1, -0.05) is 38.4 Å². The molecule has 74 valence electrons. The summed E-state index contributed by atoms with van der Waals surface area (Å²) in [6.45, 7) is 6.35. The Morgan fingerprint density at radius 1 is 1.36 bits per heavy atom. The van der Waals surface area contributed by atoms with E-state index in [-0.39, 0.29) is 4.75 Å². The molecule has 0 aliphatic rings. The number of hydrogen-bond donors (Lipinski definition) is 0. The van der Waals surface area contributed by atoms with Gasteiger partial charge in [0.2, 0.25) is 0 Å². The van der Waals surface area contributed by atoms with Crippen molar-refractivity contribution in [3.63, 3.8) is 0 Å². The molecule has 0 radical (unpaired) electrons. The van der Waals surface area contributed by atoms with E-state index >= 15 is 0 Å². The first-order valence-electron chi connectivity index (χ1n) is 4.31. The molecule has 0 N–H and O–H groups in total. The summed E-state index contributed by atoms with van der Waals surface area (Å²) in [5.41, 5.74) is 0.543. The summed E-state index contributed by atoms with van der Waals surface area (Å²) in [5.74, 6) is 0. The first kappa shape index (κ1) is 11.4. The Morgan fingerprint density at radius 2 is 2.00 bits per heavy atom. The minimum absolute atomic E-state index is 0.109. The molecule has 0 heterocycles. The molecule has 0 bridgehead atoms. The fourth-order valence-electron chi connectivity index (χ4n) is 1.01. The Labute approximate surface area is 94.1 Å². The number of thioether (sulfide) groups is 1. The maximum atomic E-state index is 8.80. The third-order valence-corrected chi connectivity index (χ3v) is 3.19. The zero-order valence-corrected chi connectivity index (χ0v) is 10.0. The van der Waals surface area contributed by atoms with Crippen LogP contribution in [0.3, 0.4) is 0 Å². The Morgan fingerprint density at radius 3 is 2.50 bits per heavy atom. The van der Waals surface area contributed by atoms with Gasteiger partial charge in [0.05, 0.1) is 10.6 Å². The van der Waals surface area contributed by atoms with Crippen LogP contribution < -0.4 is 0 Å². The van der Waals surface area contributed by atoms with Crippen molar-refractivity contribution in [3.8, 4) is 6.07 Å². The molecule has 0 saturated heterocycles. The van der Waals surface area contributed by atoms with E-state index in [9.17, 15) is 0 Å². The smallest absolute Gasteiger partial charge is 0.101 e. The average Bonchev–Trinajstić information content (AvgIpc) is 2.06. The third kappa shape index (κ3) is 2.94. The molecule has 1 rings (SSSR count). The lowest BCUT2D eigenvalue weighted by atomic mass is 10.2. The van der Waals surface area contributed by atoms with Gasteiger partial charge < -0.3 is 0 Å². The first-order chi connectivity index (χ1) is 6.44. The van der Waals surface area contributed by atoms with Crippen molar-refractivity contribution in [2.24, 2.45) is 0 Å². The number of benzene rings is 1. The standard InChI is InChI=1S/C11H12ClNS/c1-11(2,3)14-9-6-4-5-8(7-13)10(9)12/h4-6H,1-3H3. The molecule has 0 spiro atoms. The maximum Gasteiger partial charge on any atom is 0.101 e. The summed E-state index contributed by atoms with van der Waals surface area (Å²) < 4.78 is 0.109. The lowest BCUT2D eigenvalue weighted by Gasteiger charge is -2.18. The van der Waals surface area contributed by atoms with E-state index in [4.69, 9.17) is 16.9 Å². The molecule has 0 unspecified atom stereocenters. The number of nitrogens with zero attached hydrogens (tertiary/aromatic N) is 1. The zero-order chi connectivity index (χ0) is 10.8. The van der Waals surface area contributed by atoms with Crippen LogP contribution in [0.25, 0.3) is 0 Å². The summed E-state index contributed by atoms with van der Waals surface area (Å²) in [7, 11) is 0. The molecule has 0 atom stereocenters. The minimum Gasteiger partial charge on any atom is -0.192 e. The molecule has 0 fully saturated rings. The van der Waals surface area contributed by atoms with Gasteiger partial charge in [-0.3, -0.25) is 0 Å². The lowest BCUT2D eigenvalue weighted by Crippen LogP contribution is -2.06. The van der Waals surface area contributed by atoms with Crippen molar-refractivity contribution in [1.82, 2.24) is 0 Å². The van der Waals surface area contributed by atoms with Gasteiger partial charge in [0.15, 0.2) is 0 Å². The van der Waals surface area contributed by atoms with Crippen molar-refractivity contribution in [2.45, 2.75) is 30.4 Å². The van der Waals surface area contributed by atoms with Gasteiger partial charge in [0.1, 0.15) is 6.07 Å². The van der Waals surface area contributed by atoms with E-state index in [0.717, 1.165) is 4.90 Å². The highest BCUT2D eigenvalue weighted by molar-refractivity contribution is 8.00. The zero-order valence-electron chi connectivity index (χ0n) is 8.47. The molecule has 0 aliphatic carbocycles. The highest BCUT2D eigenvalue weighted by Gasteiger charge is 2.15. The number of halogens is 1. The summed E-state index contributed by atoms with van der Waals surface area (Å²) in [5, 5.41) is 9.36. The van der Waals surface area contributed by atoms with E-state index in [2.05, 4.69) is 26.8 Å². The van der Waals surface area contributed by atoms with Gasteiger partial charge in [-0.15, -0.1) is 11.8 Å². The quantitative estimate of drug-likeness (QED) is 0.672. The number of hydrogen-bond acceptors (Lipinski definition) is 2. The Balaban J connectivity index is 3.06. The van der Waals surface area contributed by atoms with Crippen molar-refractivity contribution in [2.75, 3.05) is 0 Å². The van der Waals surface area contributed by atoms with E-state index in [1.807, 2.05) is 12.1 Å². The second-order valence-corrected chi connectivity index (χ2v) is 6.19. The molecule has 0 saturated carbocycles. The van der Waals surface area contributed by atoms with Crippen molar-refractivity contribution >= 4 is 23.4 Å². The minimum atomic E-state index is 0.109. The highest BCUT2D eigenvalue weighted by atomic mass is 35.5. The van der Waals surface area contributed by atoms with Crippen LogP contribution in [0.5, 0.6) is 0 Å². The Hall–Kier alpha value is -0.650. The normalized spacial score (nSPS) is 11.1. The van der Waals surface area contributed by atoms with Gasteiger partial charge in [-0.25, -0.2) is 0 Å². The molecular weight excluding hydrogens is 214 g/mol. The van der Waals surface area contributed by atoms with E-state index in [0.29, 0.717) is 10.6 Å². The number of rotatable bonds is 1. The molecule has 1 aromatic rings. The fourth-order valence-corrected chi connectivity index (χ4v) is 2.30. The molecule has 3 heteroatoms. The van der Waals surface area contributed by atoms with Crippen molar-refractivity contribution < 1.29 is 0 Å². The fraction of sp³-hybridized carbons (Fsp3) is 0.364. The summed E-state index contributed by atoms with van der Waals surface area (Å²) in [4.78, 5) is 0.971. The van der Waals surface area contributed by atoms with Crippen molar-refractivity contribution in [1.29, 1.82) is 5.26 Å². The first-order valence-corrected chi connectivity index (χ1v) is 5.51. The predicted molar refractivity (Wildman–Crippen MR) is 61.8 cm³/mol. The van der Waals surface area contributed by atoms with Crippen molar-refractivity contribution in [3.05, 3.63) is 28.8 Å². The van der Waals surface area contributed by atoms with Crippen LogP contribution in [0, 0.1) is 11.3 Å². The summed E-state index contributed by atoms with van der Waals surface area (Å²) in [6, 6.07) is 7.61. The van der Waals surface area contributed by atoms with Crippen LogP contribution >= 0.6 is 23.4 Å². The Kier molecular flexibility index (Phi) is 3.47. The monoisotopic (exact) mass is 225 g/mol. The summed E-state index contributed by atoms with van der Waals surface area (Å²) >= 11 is 7.75. The molecule has 1 aromatic carbocycles. The van der Waals surface area contributed by atoms with Gasteiger partial charge in [-0.05, 0) is 12.1 Å². The second kappa shape index (κ2) is 4.25. The maximum absolute atomic E-state index is 8.80. The molecule has 0 aliphatic heterocycles. The third-order valence-electron chi connectivity index (χ3n) is 1.50. The van der Waals surface area contributed by atoms with E-state index < -0.39 is 0 Å². The lowest BCUT2D eigenvalue weighted by molar-refractivity contribution is 0.803. The molecule has 14 heavy (non-hydrogen) atoms. The Bertz CT molecular complexity index is 374. The average molecular weight is 226 g/mol. The van der Waals surface area contributed by atoms with Crippen LogP contribution in [0.15, 0.2) is 23.1 Å². The van der Waals surface area contributed by atoms with Crippen LogP contribution in [-0.4, -0.2) is 4.75 Å². The molecular formula is C11H12ClNS. The number of nitriles is 1. The van der Waals surface area contributed by atoms with Gasteiger partial charge in [0.25, 0.3) is 0 Å². The van der Waals surface area contributed by atoms with Crippen LogP contribution in [0.1, 0.15) is 26.3 Å².